The zero-order valence-electron chi connectivity index (χ0n) is 18.5. The van der Waals surface area contributed by atoms with Gasteiger partial charge in [-0.3, -0.25) is 14.4 Å². The summed E-state index contributed by atoms with van der Waals surface area (Å²) in [6, 6.07) is 20.6. The van der Waals surface area contributed by atoms with Crippen LogP contribution in [-0.2, 0) is 27.8 Å². The molecule has 0 bridgehead atoms. The fourth-order valence-electron chi connectivity index (χ4n) is 3.71. The summed E-state index contributed by atoms with van der Waals surface area (Å²) in [7, 11) is -3.74. The highest BCUT2D eigenvalue weighted by molar-refractivity contribution is 7.92. The molecule has 1 saturated heterocycles. The Bertz CT molecular complexity index is 1250. The normalized spacial score (nSPS) is 14.5. The van der Waals surface area contributed by atoms with Gasteiger partial charge in [-0.05, 0) is 41.5 Å². The molecule has 1 aliphatic heterocycles. The summed E-state index contributed by atoms with van der Waals surface area (Å²) < 4.78 is 32.9. The van der Waals surface area contributed by atoms with Crippen molar-refractivity contribution in [3.8, 4) is 0 Å². The molecule has 7 nitrogen and oxygen atoms in total. The van der Waals surface area contributed by atoms with Gasteiger partial charge < -0.3 is 10.1 Å². The molecule has 1 fully saturated rings. The van der Waals surface area contributed by atoms with Crippen molar-refractivity contribution in [2.24, 2.45) is 0 Å². The lowest BCUT2D eigenvalue weighted by Crippen LogP contribution is -2.35. The molecular weight excluding hydrogens is 474 g/mol. The van der Waals surface area contributed by atoms with Crippen LogP contribution in [0.25, 0.3) is 0 Å². The molecule has 0 aromatic heterocycles. The first kappa shape index (κ1) is 24.2. The van der Waals surface area contributed by atoms with Crippen molar-refractivity contribution in [1.29, 1.82) is 0 Å². The van der Waals surface area contributed by atoms with Crippen LogP contribution in [0.3, 0.4) is 0 Å². The second-order valence-corrected chi connectivity index (χ2v) is 10.1. The van der Waals surface area contributed by atoms with Crippen LogP contribution in [0.15, 0.2) is 77.7 Å². The molecule has 1 heterocycles. The van der Waals surface area contributed by atoms with Crippen LogP contribution in [0.1, 0.15) is 21.5 Å². The van der Waals surface area contributed by atoms with Gasteiger partial charge in [-0.2, -0.15) is 0 Å². The second kappa shape index (κ2) is 11.0. The Kier molecular flexibility index (Phi) is 7.84. The summed E-state index contributed by atoms with van der Waals surface area (Å²) in [5.41, 5.74) is 2.72. The lowest BCUT2D eigenvalue weighted by atomic mass is 10.1. The molecule has 3 aromatic rings. The maximum absolute atomic E-state index is 12.7. The van der Waals surface area contributed by atoms with E-state index in [1.807, 2.05) is 12.1 Å². The Labute approximate surface area is 204 Å². The molecular formula is C25H26ClN3O4S. The maximum atomic E-state index is 12.7. The van der Waals surface area contributed by atoms with E-state index >= 15 is 0 Å². The third-order valence-corrected chi connectivity index (χ3v) is 7.18. The number of hydrogen-bond donors (Lipinski definition) is 2. The minimum Gasteiger partial charge on any atom is -0.379 e. The van der Waals surface area contributed by atoms with Crippen molar-refractivity contribution in [2.75, 3.05) is 31.0 Å². The predicted molar refractivity (Wildman–Crippen MR) is 132 cm³/mol. The first-order valence-corrected chi connectivity index (χ1v) is 12.8. The van der Waals surface area contributed by atoms with Crippen molar-refractivity contribution in [1.82, 2.24) is 10.2 Å². The maximum Gasteiger partial charge on any atom is 0.261 e. The number of morpholine rings is 1. The Morgan fingerprint density at radius 2 is 1.68 bits per heavy atom. The highest BCUT2D eigenvalue weighted by atomic mass is 35.5. The first-order chi connectivity index (χ1) is 16.4. The van der Waals surface area contributed by atoms with Gasteiger partial charge in [0.25, 0.3) is 15.9 Å². The van der Waals surface area contributed by atoms with Gasteiger partial charge in [-0.15, -0.1) is 0 Å². The highest BCUT2D eigenvalue weighted by Crippen LogP contribution is 2.23. The molecule has 1 aliphatic rings. The van der Waals surface area contributed by atoms with E-state index < -0.39 is 10.0 Å². The van der Waals surface area contributed by atoms with Gasteiger partial charge >= 0.3 is 0 Å². The summed E-state index contributed by atoms with van der Waals surface area (Å²) in [5.74, 6) is -0.332. The SMILES string of the molecule is O=C(NCc1cccc(CN2CCOCC2)c1)c1ccc(NS(=O)(=O)c2ccccc2)cc1Cl. The van der Waals surface area contributed by atoms with Crippen molar-refractivity contribution in [3.63, 3.8) is 0 Å². The number of nitrogens with one attached hydrogen (secondary N) is 2. The highest BCUT2D eigenvalue weighted by Gasteiger charge is 2.16. The van der Waals surface area contributed by atoms with E-state index in [-0.39, 0.29) is 27.1 Å². The van der Waals surface area contributed by atoms with Gasteiger partial charge in [0.1, 0.15) is 0 Å². The van der Waals surface area contributed by atoms with E-state index in [1.165, 1.54) is 35.9 Å². The van der Waals surface area contributed by atoms with E-state index in [2.05, 4.69) is 27.1 Å². The smallest absolute Gasteiger partial charge is 0.261 e. The Morgan fingerprint density at radius 3 is 2.41 bits per heavy atom. The van der Waals surface area contributed by atoms with Crippen molar-refractivity contribution in [2.45, 2.75) is 18.0 Å². The van der Waals surface area contributed by atoms with Crippen LogP contribution >= 0.6 is 11.6 Å². The monoisotopic (exact) mass is 499 g/mol. The summed E-state index contributed by atoms with van der Waals surface area (Å²) in [6.45, 7) is 4.53. The summed E-state index contributed by atoms with van der Waals surface area (Å²) in [4.78, 5) is 15.2. The largest absolute Gasteiger partial charge is 0.379 e. The average Bonchev–Trinajstić information content (AvgIpc) is 2.84. The van der Waals surface area contributed by atoms with Crippen LogP contribution in [0, 0.1) is 0 Å². The molecule has 178 valence electrons. The van der Waals surface area contributed by atoms with Crippen LogP contribution in [-0.4, -0.2) is 45.5 Å². The van der Waals surface area contributed by atoms with Gasteiger partial charge in [0, 0.05) is 26.2 Å². The number of anilines is 1. The predicted octanol–water partition coefficient (Wildman–Crippen LogP) is 3.90. The molecule has 0 aliphatic carbocycles. The molecule has 9 heteroatoms. The van der Waals surface area contributed by atoms with E-state index in [0.717, 1.165) is 38.4 Å². The Hall–Kier alpha value is -2.91. The minimum atomic E-state index is -3.74. The fourth-order valence-corrected chi connectivity index (χ4v) is 5.05. The second-order valence-electron chi connectivity index (χ2n) is 8.00. The van der Waals surface area contributed by atoms with E-state index in [0.29, 0.717) is 6.54 Å². The Balaban J connectivity index is 1.37. The molecule has 0 spiro atoms. The molecule has 0 saturated carbocycles. The number of halogens is 1. The molecule has 2 N–H and O–H groups in total. The van der Waals surface area contributed by atoms with Crippen LogP contribution < -0.4 is 10.0 Å². The quantitative estimate of drug-likeness (QED) is 0.490. The van der Waals surface area contributed by atoms with E-state index in [4.69, 9.17) is 16.3 Å². The third kappa shape index (κ3) is 6.36. The van der Waals surface area contributed by atoms with Gasteiger partial charge in [0.2, 0.25) is 0 Å². The molecule has 3 aromatic carbocycles. The fraction of sp³-hybridized carbons (Fsp3) is 0.240. The number of sulfonamides is 1. The summed E-state index contributed by atoms with van der Waals surface area (Å²) in [5, 5.41) is 3.04. The lowest BCUT2D eigenvalue weighted by molar-refractivity contribution is 0.0342. The third-order valence-electron chi connectivity index (χ3n) is 5.47. The number of hydrogen-bond acceptors (Lipinski definition) is 5. The van der Waals surface area contributed by atoms with Gasteiger partial charge in [-0.1, -0.05) is 54.1 Å². The van der Waals surface area contributed by atoms with Crippen molar-refractivity contribution in [3.05, 3.63) is 94.5 Å². The van der Waals surface area contributed by atoms with Gasteiger partial charge in [0.15, 0.2) is 0 Å². The minimum absolute atomic E-state index is 0.142. The van der Waals surface area contributed by atoms with Gasteiger partial charge in [-0.25, -0.2) is 8.42 Å². The average molecular weight is 500 g/mol. The molecule has 0 radical (unpaired) electrons. The summed E-state index contributed by atoms with van der Waals surface area (Å²) >= 11 is 6.30. The molecule has 4 rings (SSSR count). The molecule has 0 atom stereocenters. The number of carbonyl (C=O) groups is 1. The zero-order chi connectivity index (χ0) is 24.0. The molecule has 1 amide bonds. The number of benzene rings is 3. The molecule has 0 unspecified atom stereocenters. The number of carbonyl (C=O) groups excluding carboxylic acids is 1. The number of ether oxygens (including phenoxy) is 1. The van der Waals surface area contributed by atoms with E-state index in [1.54, 1.807) is 18.2 Å². The van der Waals surface area contributed by atoms with Crippen LogP contribution in [0.5, 0.6) is 0 Å². The number of nitrogens with zero attached hydrogens (tertiary/aromatic N) is 1. The van der Waals surface area contributed by atoms with Gasteiger partial charge in [0.05, 0.1) is 34.4 Å². The van der Waals surface area contributed by atoms with Crippen LogP contribution in [0.4, 0.5) is 5.69 Å². The number of rotatable bonds is 8. The summed E-state index contributed by atoms with van der Waals surface area (Å²) in [6.07, 6.45) is 0. The van der Waals surface area contributed by atoms with Crippen molar-refractivity contribution >= 4 is 33.2 Å². The first-order valence-electron chi connectivity index (χ1n) is 10.9. The lowest BCUT2D eigenvalue weighted by Gasteiger charge is -2.26. The Morgan fingerprint density at radius 1 is 0.941 bits per heavy atom. The van der Waals surface area contributed by atoms with Crippen LogP contribution in [0.2, 0.25) is 5.02 Å². The molecule has 34 heavy (non-hydrogen) atoms. The standard InChI is InChI=1S/C25H26ClN3O4S/c26-24-16-21(28-34(31,32)22-7-2-1-3-8-22)9-10-23(24)25(30)27-17-19-5-4-6-20(15-19)18-29-11-13-33-14-12-29/h1-10,15-16,28H,11-14,17-18H2,(H,27,30). The van der Waals surface area contributed by atoms with Crippen molar-refractivity contribution < 1.29 is 17.9 Å². The topological polar surface area (TPSA) is 87.7 Å². The number of amides is 1. The van der Waals surface area contributed by atoms with E-state index in [9.17, 15) is 13.2 Å². The zero-order valence-corrected chi connectivity index (χ0v) is 20.1.